The molecule has 0 spiro atoms. The van der Waals surface area contributed by atoms with E-state index in [4.69, 9.17) is 10.5 Å². The standard InChI is InChI=1S/C14H22N2O3S/c1-6-7(2)11(15)12(17)16-13-10(14(18)19-5)8(3)9(4)20-13/h7,11H,6,15H2,1-5H3,(H,16,17)/t7-,11-/m0/s1. The molecule has 0 aliphatic carbocycles. The predicted molar refractivity (Wildman–Crippen MR) is 81.2 cm³/mol. The third-order valence-corrected chi connectivity index (χ3v) is 4.69. The SMILES string of the molecule is CC[C@H](C)[C@H](N)C(=O)Nc1sc(C)c(C)c1C(=O)OC. The van der Waals surface area contributed by atoms with E-state index in [2.05, 4.69) is 5.32 Å². The Morgan fingerprint density at radius 2 is 2.00 bits per heavy atom. The first kappa shape index (κ1) is 16.7. The topological polar surface area (TPSA) is 81.4 Å². The van der Waals surface area contributed by atoms with Crippen LogP contribution < -0.4 is 11.1 Å². The summed E-state index contributed by atoms with van der Waals surface area (Å²) in [4.78, 5) is 24.9. The molecule has 0 saturated heterocycles. The van der Waals surface area contributed by atoms with E-state index >= 15 is 0 Å². The molecule has 1 heterocycles. The molecule has 1 aromatic rings. The van der Waals surface area contributed by atoms with Gasteiger partial charge in [0.05, 0.1) is 18.7 Å². The van der Waals surface area contributed by atoms with Crippen LogP contribution in [0.4, 0.5) is 5.00 Å². The number of esters is 1. The molecule has 0 radical (unpaired) electrons. The first-order valence-corrected chi connectivity index (χ1v) is 7.39. The van der Waals surface area contributed by atoms with Crippen molar-refractivity contribution >= 4 is 28.2 Å². The molecule has 0 fully saturated rings. The Hall–Kier alpha value is -1.40. The van der Waals surface area contributed by atoms with Crippen LogP contribution in [0.1, 0.15) is 41.1 Å². The van der Waals surface area contributed by atoms with Crippen molar-refractivity contribution < 1.29 is 14.3 Å². The number of carbonyl (C=O) groups excluding carboxylic acids is 2. The fraction of sp³-hybridized carbons (Fsp3) is 0.571. The van der Waals surface area contributed by atoms with Gasteiger partial charge in [0, 0.05) is 4.88 Å². The average Bonchev–Trinajstić information content (AvgIpc) is 2.71. The maximum Gasteiger partial charge on any atom is 0.341 e. The van der Waals surface area contributed by atoms with Gasteiger partial charge in [-0.15, -0.1) is 11.3 Å². The smallest absolute Gasteiger partial charge is 0.341 e. The Morgan fingerprint density at radius 1 is 1.40 bits per heavy atom. The number of methoxy groups -OCH3 is 1. The Balaban J connectivity index is 3.01. The molecule has 1 rings (SSSR count). The molecule has 5 nitrogen and oxygen atoms in total. The van der Waals surface area contributed by atoms with Crippen LogP contribution in [0.25, 0.3) is 0 Å². The van der Waals surface area contributed by atoms with Crippen LogP contribution in [-0.2, 0) is 9.53 Å². The Morgan fingerprint density at radius 3 is 2.50 bits per heavy atom. The molecule has 0 aliphatic heterocycles. The number of carbonyl (C=O) groups is 2. The summed E-state index contributed by atoms with van der Waals surface area (Å²) < 4.78 is 4.77. The van der Waals surface area contributed by atoms with Crippen molar-refractivity contribution in [3.05, 3.63) is 16.0 Å². The van der Waals surface area contributed by atoms with Crippen LogP contribution in [0.15, 0.2) is 0 Å². The molecule has 0 aliphatic rings. The van der Waals surface area contributed by atoms with E-state index in [-0.39, 0.29) is 11.8 Å². The molecular weight excluding hydrogens is 276 g/mol. The van der Waals surface area contributed by atoms with E-state index in [0.717, 1.165) is 16.9 Å². The Kier molecular flexibility index (Phi) is 5.71. The van der Waals surface area contributed by atoms with Gasteiger partial charge in [0.25, 0.3) is 0 Å². The maximum absolute atomic E-state index is 12.1. The number of hydrogen-bond acceptors (Lipinski definition) is 5. The highest BCUT2D eigenvalue weighted by molar-refractivity contribution is 7.16. The van der Waals surface area contributed by atoms with Gasteiger partial charge >= 0.3 is 5.97 Å². The number of aryl methyl sites for hydroxylation is 1. The number of nitrogens with one attached hydrogen (secondary N) is 1. The molecule has 1 aromatic heterocycles. The summed E-state index contributed by atoms with van der Waals surface area (Å²) in [7, 11) is 1.32. The van der Waals surface area contributed by atoms with Crippen molar-refractivity contribution in [2.75, 3.05) is 12.4 Å². The zero-order valence-corrected chi connectivity index (χ0v) is 13.4. The molecule has 0 unspecified atom stereocenters. The number of nitrogens with two attached hydrogens (primary N) is 1. The van der Waals surface area contributed by atoms with Gasteiger partial charge in [-0.05, 0) is 25.3 Å². The molecule has 20 heavy (non-hydrogen) atoms. The molecular formula is C14H22N2O3S. The molecule has 2 atom stereocenters. The number of ether oxygens (including phenoxy) is 1. The molecule has 0 aromatic carbocycles. The second kappa shape index (κ2) is 6.85. The summed E-state index contributed by atoms with van der Waals surface area (Å²) in [5, 5.41) is 3.27. The first-order chi connectivity index (χ1) is 9.33. The number of rotatable bonds is 5. The molecule has 1 amide bonds. The minimum atomic E-state index is -0.590. The van der Waals surface area contributed by atoms with E-state index in [0.29, 0.717) is 10.6 Å². The van der Waals surface area contributed by atoms with Crippen molar-refractivity contribution in [1.29, 1.82) is 0 Å². The number of amides is 1. The summed E-state index contributed by atoms with van der Waals surface area (Å²) in [5.74, 6) is -0.635. The summed E-state index contributed by atoms with van der Waals surface area (Å²) in [5.41, 5.74) is 7.14. The van der Waals surface area contributed by atoms with Crippen LogP contribution >= 0.6 is 11.3 Å². The minimum absolute atomic E-state index is 0.0822. The lowest BCUT2D eigenvalue weighted by molar-refractivity contribution is -0.118. The molecule has 0 bridgehead atoms. The number of hydrogen-bond donors (Lipinski definition) is 2. The number of anilines is 1. The lowest BCUT2D eigenvalue weighted by atomic mass is 9.99. The highest BCUT2D eigenvalue weighted by atomic mass is 32.1. The molecule has 0 saturated carbocycles. The van der Waals surface area contributed by atoms with Crippen molar-refractivity contribution in [3.63, 3.8) is 0 Å². The van der Waals surface area contributed by atoms with Crippen LogP contribution in [0.3, 0.4) is 0 Å². The van der Waals surface area contributed by atoms with E-state index in [1.165, 1.54) is 18.4 Å². The van der Waals surface area contributed by atoms with Crippen molar-refractivity contribution in [3.8, 4) is 0 Å². The van der Waals surface area contributed by atoms with Gasteiger partial charge in [-0.2, -0.15) is 0 Å². The normalized spacial score (nSPS) is 13.7. The lowest BCUT2D eigenvalue weighted by Gasteiger charge is -2.17. The third-order valence-electron chi connectivity index (χ3n) is 3.57. The number of thiophene rings is 1. The minimum Gasteiger partial charge on any atom is -0.465 e. The maximum atomic E-state index is 12.1. The molecule has 3 N–H and O–H groups in total. The van der Waals surface area contributed by atoms with Gasteiger partial charge < -0.3 is 15.8 Å². The predicted octanol–water partition coefficient (Wildman–Crippen LogP) is 2.46. The third kappa shape index (κ3) is 3.37. The fourth-order valence-electron chi connectivity index (χ4n) is 1.77. The zero-order chi connectivity index (χ0) is 15.4. The van der Waals surface area contributed by atoms with E-state index in [1.54, 1.807) is 0 Å². The molecule has 6 heteroatoms. The van der Waals surface area contributed by atoms with Gasteiger partial charge in [0.15, 0.2) is 0 Å². The van der Waals surface area contributed by atoms with Crippen LogP contribution in [0, 0.1) is 19.8 Å². The van der Waals surface area contributed by atoms with Crippen LogP contribution in [0.5, 0.6) is 0 Å². The quantitative estimate of drug-likeness (QED) is 0.818. The average molecular weight is 298 g/mol. The van der Waals surface area contributed by atoms with Crippen LogP contribution in [-0.4, -0.2) is 25.0 Å². The van der Waals surface area contributed by atoms with E-state index in [9.17, 15) is 9.59 Å². The summed E-state index contributed by atoms with van der Waals surface area (Å²) in [6.07, 6.45) is 0.820. The highest BCUT2D eigenvalue weighted by Gasteiger charge is 2.25. The fourth-order valence-corrected chi connectivity index (χ4v) is 2.82. The van der Waals surface area contributed by atoms with Crippen molar-refractivity contribution in [2.45, 2.75) is 40.2 Å². The van der Waals surface area contributed by atoms with Gasteiger partial charge in [0.1, 0.15) is 5.00 Å². The van der Waals surface area contributed by atoms with Gasteiger partial charge in [-0.25, -0.2) is 4.79 Å². The summed E-state index contributed by atoms with van der Waals surface area (Å²) in [6.45, 7) is 7.65. The second-order valence-electron chi connectivity index (χ2n) is 4.88. The van der Waals surface area contributed by atoms with Crippen LogP contribution in [0.2, 0.25) is 0 Å². The Labute approximate surface area is 123 Å². The van der Waals surface area contributed by atoms with Gasteiger partial charge in [-0.1, -0.05) is 20.3 Å². The Bertz CT molecular complexity index is 511. The summed E-state index contributed by atoms with van der Waals surface area (Å²) >= 11 is 1.36. The zero-order valence-electron chi connectivity index (χ0n) is 12.6. The van der Waals surface area contributed by atoms with Gasteiger partial charge in [0.2, 0.25) is 5.91 Å². The first-order valence-electron chi connectivity index (χ1n) is 6.58. The second-order valence-corrected chi connectivity index (χ2v) is 6.10. The monoisotopic (exact) mass is 298 g/mol. The van der Waals surface area contributed by atoms with E-state index < -0.39 is 12.0 Å². The van der Waals surface area contributed by atoms with Crippen molar-refractivity contribution in [2.24, 2.45) is 11.7 Å². The highest BCUT2D eigenvalue weighted by Crippen LogP contribution is 2.33. The molecule has 112 valence electrons. The largest absolute Gasteiger partial charge is 0.465 e. The van der Waals surface area contributed by atoms with Gasteiger partial charge in [-0.3, -0.25) is 4.79 Å². The van der Waals surface area contributed by atoms with E-state index in [1.807, 2.05) is 27.7 Å². The van der Waals surface area contributed by atoms with Crippen molar-refractivity contribution in [1.82, 2.24) is 0 Å². The lowest BCUT2D eigenvalue weighted by Crippen LogP contribution is -2.40. The summed E-state index contributed by atoms with van der Waals surface area (Å²) in [6, 6.07) is -0.590.